The average Bonchev–Trinajstić information content (AvgIpc) is 1.83. The Bertz CT molecular complexity index is 247. The van der Waals surface area contributed by atoms with Crippen molar-refractivity contribution >= 4 is 16.4 Å². The Labute approximate surface area is 62.3 Å². The van der Waals surface area contributed by atoms with Gasteiger partial charge in [0.15, 0.2) is 0 Å². The van der Waals surface area contributed by atoms with Gasteiger partial charge >= 0.3 is 16.4 Å². The van der Waals surface area contributed by atoms with Gasteiger partial charge in [0, 0.05) is 7.05 Å². The maximum atomic E-state index is 10.1. The predicted octanol–water partition coefficient (Wildman–Crippen LogP) is -1.50. The quantitative estimate of drug-likeness (QED) is 0.289. The third-order valence-corrected chi connectivity index (χ3v) is 1.32. The van der Waals surface area contributed by atoms with E-state index in [4.69, 9.17) is 5.41 Å². The Hall–Kier alpha value is -0.900. The SMILES string of the molecule is CNOC(=N)N1OS(=O)(=O)O1. The van der Waals surface area contributed by atoms with Crippen molar-refractivity contribution in [3.63, 3.8) is 0 Å². The maximum absolute atomic E-state index is 10.1. The summed E-state index contributed by atoms with van der Waals surface area (Å²) in [5, 5.41) is 7.15. The fraction of sp³-hybridized carbons (Fsp3) is 0.500. The molecule has 64 valence electrons. The number of rotatable bonds is 1. The highest BCUT2D eigenvalue weighted by Gasteiger charge is 2.39. The van der Waals surface area contributed by atoms with E-state index in [0.717, 1.165) is 0 Å². The van der Waals surface area contributed by atoms with Gasteiger partial charge in [0.25, 0.3) is 0 Å². The molecule has 11 heavy (non-hydrogen) atoms. The molecule has 0 saturated carbocycles. The third kappa shape index (κ3) is 1.77. The van der Waals surface area contributed by atoms with E-state index >= 15 is 0 Å². The summed E-state index contributed by atoms with van der Waals surface area (Å²) in [6, 6.07) is -0.609. The first-order chi connectivity index (χ1) is 5.05. The predicted molar refractivity (Wildman–Crippen MR) is 30.8 cm³/mol. The third-order valence-electron chi connectivity index (χ3n) is 0.683. The lowest BCUT2D eigenvalue weighted by molar-refractivity contribution is -0.283. The second kappa shape index (κ2) is 2.62. The highest BCUT2D eigenvalue weighted by Crippen LogP contribution is 2.15. The van der Waals surface area contributed by atoms with Crippen molar-refractivity contribution in [2.24, 2.45) is 0 Å². The molecule has 0 bridgehead atoms. The summed E-state index contributed by atoms with van der Waals surface area (Å²) in [5.74, 6) is 0. The van der Waals surface area contributed by atoms with Gasteiger partial charge in [-0.2, -0.15) is 13.9 Å². The lowest BCUT2D eigenvalue weighted by atomic mass is 11.2. The molecule has 9 heteroatoms. The van der Waals surface area contributed by atoms with Gasteiger partial charge in [-0.3, -0.25) is 0 Å². The van der Waals surface area contributed by atoms with Crippen LogP contribution in [0.2, 0.25) is 0 Å². The molecule has 0 atom stereocenters. The van der Waals surface area contributed by atoms with E-state index in [1.165, 1.54) is 7.05 Å². The van der Waals surface area contributed by atoms with Gasteiger partial charge < -0.3 is 4.84 Å². The van der Waals surface area contributed by atoms with Crippen molar-refractivity contribution in [2.45, 2.75) is 0 Å². The first-order valence-electron chi connectivity index (χ1n) is 2.41. The van der Waals surface area contributed by atoms with Gasteiger partial charge in [0.1, 0.15) is 0 Å². The molecule has 1 aliphatic rings. The fourth-order valence-electron chi connectivity index (χ4n) is 0.373. The van der Waals surface area contributed by atoms with Crippen LogP contribution in [0.4, 0.5) is 0 Å². The van der Waals surface area contributed by atoms with E-state index in [2.05, 4.69) is 18.9 Å². The standard InChI is InChI=1S/C2H5N3O5S/c1-4-8-2(3)5-9-11(6,7)10-5/h3-4H,1H3. The Balaban J connectivity index is 2.38. The van der Waals surface area contributed by atoms with E-state index in [-0.39, 0.29) is 0 Å². The van der Waals surface area contributed by atoms with Crippen LogP contribution in [0.15, 0.2) is 0 Å². The smallest absolute Gasteiger partial charge is 0.367 e. The summed E-state index contributed by atoms with van der Waals surface area (Å²) in [7, 11) is -2.52. The maximum Gasteiger partial charge on any atom is 0.446 e. The monoisotopic (exact) mass is 183 g/mol. The van der Waals surface area contributed by atoms with Gasteiger partial charge in [-0.1, -0.05) is 8.57 Å². The van der Waals surface area contributed by atoms with Crippen LogP contribution < -0.4 is 5.48 Å². The number of nitrogens with one attached hydrogen (secondary N) is 2. The van der Waals surface area contributed by atoms with Crippen molar-refractivity contribution in [1.82, 2.24) is 10.7 Å². The zero-order valence-corrected chi connectivity index (χ0v) is 6.21. The molecule has 0 spiro atoms. The van der Waals surface area contributed by atoms with E-state index in [1.54, 1.807) is 0 Å². The molecule has 1 fully saturated rings. The van der Waals surface area contributed by atoms with E-state index in [9.17, 15) is 8.42 Å². The topological polar surface area (TPSA) is 101 Å². The van der Waals surface area contributed by atoms with E-state index in [0.29, 0.717) is 5.23 Å². The molecule has 1 aliphatic heterocycles. The molecule has 8 nitrogen and oxygen atoms in total. The number of hydroxylamine groups is 3. The van der Waals surface area contributed by atoms with E-state index < -0.39 is 16.4 Å². The van der Waals surface area contributed by atoms with Crippen molar-refractivity contribution in [1.29, 1.82) is 5.41 Å². The molecule has 0 aromatic carbocycles. The number of hydrogen-bond acceptors (Lipinski definition) is 7. The van der Waals surface area contributed by atoms with Crippen LogP contribution in [0.3, 0.4) is 0 Å². The molecular weight excluding hydrogens is 178 g/mol. The minimum Gasteiger partial charge on any atom is -0.367 e. The van der Waals surface area contributed by atoms with Crippen molar-refractivity contribution in [3.8, 4) is 0 Å². The van der Waals surface area contributed by atoms with Crippen molar-refractivity contribution < 1.29 is 21.8 Å². The summed E-state index contributed by atoms with van der Waals surface area (Å²) in [4.78, 5) is 4.28. The second-order valence-corrected chi connectivity index (χ2v) is 2.54. The van der Waals surface area contributed by atoms with E-state index in [1.807, 2.05) is 0 Å². The normalized spacial score (nSPS) is 20.6. The largest absolute Gasteiger partial charge is 0.446 e. The first kappa shape index (κ1) is 8.20. The summed E-state index contributed by atoms with van der Waals surface area (Å²) >= 11 is 0. The minimum atomic E-state index is -3.92. The number of hydrogen-bond donors (Lipinski definition) is 2. The Kier molecular flexibility index (Phi) is 1.95. The molecule has 0 amide bonds. The lowest BCUT2D eigenvalue weighted by Crippen LogP contribution is -2.47. The van der Waals surface area contributed by atoms with Crippen LogP contribution in [-0.2, 0) is 23.8 Å². The molecular formula is C2H5N3O5S. The Morgan fingerprint density at radius 1 is 1.64 bits per heavy atom. The lowest BCUT2D eigenvalue weighted by Gasteiger charge is -2.25. The van der Waals surface area contributed by atoms with Crippen LogP contribution in [0.25, 0.3) is 0 Å². The van der Waals surface area contributed by atoms with Gasteiger partial charge in [0.05, 0.1) is 0 Å². The van der Waals surface area contributed by atoms with Crippen LogP contribution in [0, 0.1) is 5.41 Å². The molecule has 1 heterocycles. The molecule has 0 aromatic heterocycles. The number of nitrogens with zero attached hydrogens (tertiary/aromatic N) is 1. The highest BCUT2D eigenvalue weighted by molar-refractivity contribution is 7.82. The minimum absolute atomic E-state index is 0.297. The molecule has 0 aromatic rings. The Morgan fingerprint density at radius 2 is 2.18 bits per heavy atom. The van der Waals surface area contributed by atoms with Gasteiger partial charge in [-0.25, -0.2) is 5.41 Å². The van der Waals surface area contributed by atoms with Crippen molar-refractivity contribution in [2.75, 3.05) is 7.05 Å². The van der Waals surface area contributed by atoms with Crippen molar-refractivity contribution in [3.05, 3.63) is 0 Å². The summed E-state index contributed by atoms with van der Waals surface area (Å²) in [6.45, 7) is 0. The van der Waals surface area contributed by atoms with Crippen LogP contribution in [0.5, 0.6) is 0 Å². The zero-order chi connectivity index (χ0) is 8.48. The summed E-state index contributed by atoms with van der Waals surface area (Å²) < 4.78 is 28.2. The average molecular weight is 183 g/mol. The summed E-state index contributed by atoms with van der Waals surface area (Å²) in [6.07, 6.45) is 0. The van der Waals surface area contributed by atoms with Gasteiger partial charge in [-0.05, 0) is 5.23 Å². The molecule has 1 saturated heterocycles. The van der Waals surface area contributed by atoms with Gasteiger partial charge in [-0.15, -0.1) is 0 Å². The molecule has 2 N–H and O–H groups in total. The van der Waals surface area contributed by atoms with Gasteiger partial charge in [0.2, 0.25) is 0 Å². The highest BCUT2D eigenvalue weighted by atomic mass is 32.3. The number of amidine groups is 1. The van der Waals surface area contributed by atoms with Crippen LogP contribution in [0.1, 0.15) is 0 Å². The molecule has 1 rings (SSSR count). The fourth-order valence-corrected chi connectivity index (χ4v) is 0.851. The zero-order valence-electron chi connectivity index (χ0n) is 5.40. The molecule has 0 unspecified atom stereocenters. The Morgan fingerprint density at radius 3 is 2.55 bits per heavy atom. The first-order valence-corrected chi connectivity index (χ1v) is 3.75. The molecule has 0 aliphatic carbocycles. The molecule has 0 radical (unpaired) electrons. The summed E-state index contributed by atoms with van der Waals surface area (Å²) in [5.41, 5.74) is 2.12. The van der Waals surface area contributed by atoms with Crippen LogP contribution >= 0.6 is 0 Å². The van der Waals surface area contributed by atoms with Crippen LogP contribution in [-0.4, -0.2) is 26.7 Å². The second-order valence-electron chi connectivity index (χ2n) is 1.43.